The number of fused-ring (bicyclic) bond motifs is 1. The monoisotopic (exact) mass is 437 g/mol. The molecule has 0 aliphatic heterocycles. The van der Waals surface area contributed by atoms with Crippen LogP contribution >= 0.6 is 0 Å². The molecule has 0 saturated carbocycles. The van der Waals surface area contributed by atoms with Crippen molar-refractivity contribution in [3.05, 3.63) is 109 Å². The van der Waals surface area contributed by atoms with Gasteiger partial charge in [-0.05, 0) is 65.7 Å². The number of benzene rings is 4. The third-order valence-electron chi connectivity index (χ3n) is 4.99. The van der Waals surface area contributed by atoms with Gasteiger partial charge in [0.05, 0.1) is 0 Å². The Morgan fingerprint density at radius 1 is 0.788 bits per heavy atom. The molecule has 0 saturated heterocycles. The minimum Gasteiger partial charge on any atom is -0.457 e. The number of hydrogen-bond donors (Lipinski definition) is 1. The van der Waals surface area contributed by atoms with Gasteiger partial charge in [-0.25, -0.2) is 4.79 Å². The summed E-state index contributed by atoms with van der Waals surface area (Å²) in [4.78, 5) is 24.7. The average molecular weight is 437 g/mol. The quantitative estimate of drug-likeness (QED) is 0.276. The van der Waals surface area contributed by atoms with Crippen LogP contribution in [0.25, 0.3) is 16.8 Å². The van der Waals surface area contributed by atoms with Gasteiger partial charge >= 0.3 is 5.97 Å². The van der Waals surface area contributed by atoms with Crippen molar-refractivity contribution < 1.29 is 19.1 Å². The molecule has 164 valence electrons. The van der Waals surface area contributed by atoms with Crippen molar-refractivity contribution in [2.24, 2.45) is 0 Å². The van der Waals surface area contributed by atoms with Crippen LogP contribution in [0.15, 0.2) is 103 Å². The van der Waals surface area contributed by atoms with E-state index in [4.69, 9.17) is 9.47 Å². The normalized spacial score (nSPS) is 11.8. The summed E-state index contributed by atoms with van der Waals surface area (Å²) in [5.74, 6) is 0.374. The predicted molar refractivity (Wildman–Crippen MR) is 130 cm³/mol. The standard InChI is InChI=1S/C28H23NO4/c1-20(32-27(30)19-14-22-10-7-9-21-8-5-6-13-26(21)22)28(31)29-23-15-17-25(18-16-23)33-24-11-3-2-4-12-24/h2-20H,1H3,(H,29,31). The van der Waals surface area contributed by atoms with Crippen LogP contribution in [-0.4, -0.2) is 18.0 Å². The second-order valence-corrected chi connectivity index (χ2v) is 7.41. The summed E-state index contributed by atoms with van der Waals surface area (Å²) in [6.07, 6.45) is 2.08. The van der Waals surface area contributed by atoms with Gasteiger partial charge in [-0.3, -0.25) is 4.79 Å². The fraction of sp³-hybridized carbons (Fsp3) is 0.0714. The maximum absolute atomic E-state index is 12.4. The van der Waals surface area contributed by atoms with Gasteiger partial charge in [0.1, 0.15) is 11.5 Å². The van der Waals surface area contributed by atoms with E-state index in [9.17, 15) is 9.59 Å². The molecule has 5 nitrogen and oxygen atoms in total. The Morgan fingerprint density at radius 2 is 1.45 bits per heavy atom. The topological polar surface area (TPSA) is 64.6 Å². The van der Waals surface area contributed by atoms with E-state index in [0.29, 0.717) is 11.4 Å². The number of para-hydroxylation sites is 1. The molecule has 1 N–H and O–H groups in total. The summed E-state index contributed by atoms with van der Waals surface area (Å²) in [6.45, 7) is 1.53. The molecule has 0 fully saturated rings. The van der Waals surface area contributed by atoms with E-state index in [0.717, 1.165) is 22.1 Å². The lowest BCUT2D eigenvalue weighted by Crippen LogP contribution is -2.29. The average Bonchev–Trinajstić information content (AvgIpc) is 2.84. The van der Waals surface area contributed by atoms with Crippen molar-refractivity contribution >= 4 is 34.4 Å². The van der Waals surface area contributed by atoms with Gasteiger partial charge < -0.3 is 14.8 Å². The highest BCUT2D eigenvalue weighted by atomic mass is 16.5. The van der Waals surface area contributed by atoms with Gasteiger partial charge in [-0.1, -0.05) is 60.7 Å². The van der Waals surface area contributed by atoms with E-state index in [-0.39, 0.29) is 0 Å². The van der Waals surface area contributed by atoms with Gasteiger partial charge in [0, 0.05) is 11.8 Å². The van der Waals surface area contributed by atoms with Crippen molar-refractivity contribution in [1.82, 2.24) is 0 Å². The number of rotatable bonds is 7. The van der Waals surface area contributed by atoms with Crippen LogP contribution in [0.3, 0.4) is 0 Å². The minimum absolute atomic E-state index is 0.418. The summed E-state index contributed by atoms with van der Waals surface area (Å²) in [5.41, 5.74) is 1.48. The Hall–Kier alpha value is -4.38. The first-order valence-electron chi connectivity index (χ1n) is 10.6. The third kappa shape index (κ3) is 5.86. The van der Waals surface area contributed by atoms with Gasteiger partial charge in [-0.15, -0.1) is 0 Å². The minimum atomic E-state index is -0.949. The highest BCUT2D eigenvalue weighted by Gasteiger charge is 2.16. The fourth-order valence-corrected chi connectivity index (χ4v) is 3.30. The Bertz CT molecular complexity index is 1280. The molecule has 0 radical (unpaired) electrons. The second-order valence-electron chi connectivity index (χ2n) is 7.41. The molecular formula is C28H23NO4. The highest BCUT2D eigenvalue weighted by Crippen LogP contribution is 2.23. The first-order chi connectivity index (χ1) is 16.1. The number of carbonyl (C=O) groups excluding carboxylic acids is 2. The SMILES string of the molecule is CC(OC(=O)C=Cc1cccc2ccccc12)C(=O)Nc1ccc(Oc2ccccc2)cc1. The van der Waals surface area contributed by atoms with Crippen molar-refractivity contribution in [1.29, 1.82) is 0 Å². The van der Waals surface area contributed by atoms with Crippen LogP contribution < -0.4 is 10.1 Å². The molecule has 0 heterocycles. The number of esters is 1. The van der Waals surface area contributed by atoms with Gasteiger partial charge in [0.25, 0.3) is 5.91 Å². The summed E-state index contributed by atoms with van der Waals surface area (Å²) in [6, 6.07) is 30.2. The molecule has 0 aliphatic carbocycles. The highest BCUT2D eigenvalue weighted by molar-refractivity contribution is 5.98. The molecule has 1 atom stereocenters. The Balaban J connectivity index is 1.31. The number of hydrogen-bond acceptors (Lipinski definition) is 4. The molecule has 1 unspecified atom stereocenters. The van der Waals surface area contributed by atoms with E-state index in [1.165, 1.54) is 13.0 Å². The summed E-state index contributed by atoms with van der Waals surface area (Å²) in [7, 11) is 0. The summed E-state index contributed by atoms with van der Waals surface area (Å²) >= 11 is 0. The third-order valence-corrected chi connectivity index (χ3v) is 4.99. The summed E-state index contributed by atoms with van der Waals surface area (Å²) in [5, 5.41) is 4.86. The van der Waals surface area contributed by atoms with Crippen LogP contribution in [0.4, 0.5) is 5.69 Å². The molecular weight excluding hydrogens is 414 g/mol. The van der Waals surface area contributed by atoms with E-state index >= 15 is 0 Å². The van der Waals surface area contributed by atoms with Gasteiger partial charge in [-0.2, -0.15) is 0 Å². The van der Waals surface area contributed by atoms with E-state index in [1.807, 2.05) is 72.8 Å². The smallest absolute Gasteiger partial charge is 0.331 e. The number of carbonyl (C=O) groups is 2. The van der Waals surface area contributed by atoms with Crippen LogP contribution in [0.1, 0.15) is 12.5 Å². The molecule has 0 spiro atoms. The Morgan fingerprint density at radius 3 is 2.24 bits per heavy atom. The largest absolute Gasteiger partial charge is 0.457 e. The molecule has 1 amide bonds. The predicted octanol–water partition coefficient (Wildman–Crippen LogP) is 6.22. The van der Waals surface area contributed by atoms with Crippen LogP contribution in [0.2, 0.25) is 0 Å². The molecule has 33 heavy (non-hydrogen) atoms. The second kappa shape index (κ2) is 10.3. The molecule has 5 heteroatoms. The Labute approximate surface area is 192 Å². The first-order valence-corrected chi connectivity index (χ1v) is 10.6. The molecule has 4 rings (SSSR count). The van der Waals surface area contributed by atoms with Crippen molar-refractivity contribution in [3.63, 3.8) is 0 Å². The fourth-order valence-electron chi connectivity index (χ4n) is 3.30. The van der Waals surface area contributed by atoms with E-state index in [2.05, 4.69) is 5.32 Å². The van der Waals surface area contributed by atoms with Crippen molar-refractivity contribution in [2.75, 3.05) is 5.32 Å². The number of ether oxygens (including phenoxy) is 2. The van der Waals surface area contributed by atoms with Crippen LogP contribution in [-0.2, 0) is 14.3 Å². The van der Waals surface area contributed by atoms with Crippen LogP contribution in [0.5, 0.6) is 11.5 Å². The zero-order chi connectivity index (χ0) is 23.0. The molecule has 0 aliphatic rings. The zero-order valence-electron chi connectivity index (χ0n) is 18.1. The zero-order valence-corrected chi connectivity index (χ0v) is 18.1. The van der Waals surface area contributed by atoms with Crippen molar-refractivity contribution in [2.45, 2.75) is 13.0 Å². The van der Waals surface area contributed by atoms with Crippen molar-refractivity contribution in [3.8, 4) is 11.5 Å². The molecule has 4 aromatic rings. The summed E-state index contributed by atoms with van der Waals surface area (Å²) < 4.78 is 11.0. The first kappa shape index (κ1) is 21.8. The lowest BCUT2D eigenvalue weighted by Gasteiger charge is -2.13. The van der Waals surface area contributed by atoms with Gasteiger partial charge in [0.2, 0.25) is 0 Å². The number of amides is 1. The van der Waals surface area contributed by atoms with E-state index < -0.39 is 18.0 Å². The lowest BCUT2D eigenvalue weighted by atomic mass is 10.0. The molecule has 0 bridgehead atoms. The van der Waals surface area contributed by atoms with Gasteiger partial charge in [0.15, 0.2) is 6.10 Å². The molecule has 0 aromatic heterocycles. The maximum atomic E-state index is 12.4. The molecule has 4 aromatic carbocycles. The maximum Gasteiger partial charge on any atom is 0.331 e. The number of anilines is 1. The lowest BCUT2D eigenvalue weighted by molar-refractivity contribution is -0.148. The Kier molecular flexibility index (Phi) is 6.81. The van der Waals surface area contributed by atoms with Crippen LogP contribution in [0, 0.1) is 0 Å². The number of nitrogens with one attached hydrogen (secondary N) is 1. The van der Waals surface area contributed by atoms with E-state index in [1.54, 1.807) is 30.3 Å².